The van der Waals surface area contributed by atoms with E-state index in [9.17, 15) is 0 Å². The first-order chi connectivity index (χ1) is 13.2. The first-order valence-corrected chi connectivity index (χ1v) is 9.77. The maximum Gasteiger partial charge on any atom is 0.191 e. The zero-order valence-corrected chi connectivity index (χ0v) is 19.3. The molecule has 2 aromatic rings. The molecule has 1 aromatic carbocycles. The van der Waals surface area contributed by atoms with Crippen molar-refractivity contribution in [2.45, 2.75) is 58.7 Å². The summed E-state index contributed by atoms with van der Waals surface area (Å²) < 4.78 is 8.04. The third kappa shape index (κ3) is 6.35. The summed E-state index contributed by atoms with van der Waals surface area (Å²) in [6.45, 7) is 6.09. The minimum absolute atomic E-state index is 0. The molecule has 1 aromatic heterocycles. The van der Waals surface area contributed by atoms with Crippen LogP contribution in [0.15, 0.2) is 29.5 Å². The Hall–Kier alpha value is -1.84. The van der Waals surface area contributed by atoms with Crippen molar-refractivity contribution in [3.8, 4) is 5.75 Å². The third-order valence-corrected chi connectivity index (χ3v) is 4.79. The highest BCUT2D eigenvalue weighted by Crippen LogP contribution is 2.28. The molecule has 0 spiro atoms. The number of benzene rings is 1. The van der Waals surface area contributed by atoms with Crippen molar-refractivity contribution in [2.24, 2.45) is 12.0 Å². The molecule has 0 bridgehead atoms. The van der Waals surface area contributed by atoms with E-state index in [0.29, 0.717) is 19.2 Å². The molecule has 3 rings (SSSR count). The molecule has 0 saturated heterocycles. The topological polar surface area (TPSA) is 76.4 Å². The average Bonchev–Trinajstić information content (AvgIpc) is 3.30. The lowest BCUT2D eigenvalue weighted by Crippen LogP contribution is -2.37. The molecule has 7 nitrogen and oxygen atoms in total. The van der Waals surface area contributed by atoms with E-state index >= 15 is 0 Å². The number of nitrogens with zero attached hydrogens (tertiary/aromatic N) is 4. The summed E-state index contributed by atoms with van der Waals surface area (Å²) in [5.41, 5.74) is 2.33. The summed E-state index contributed by atoms with van der Waals surface area (Å²) in [5, 5.41) is 10.7. The van der Waals surface area contributed by atoms with E-state index < -0.39 is 0 Å². The molecule has 0 aliphatic heterocycles. The van der Waals surface area contributed by atoms with E-state index in [1.807, 2.05) is 7.05 Å². The minimum atomic E-state index is 0. The number of halogens is 1. The number of aryl methyl sites for hydroxylation is 2. The first-order valence-electron chi connectivity index (χ1n) is 9.77. The van der Waals surface area contributed by atoms with Crippen LogP contribution in [0.4, 0.5) is 0 Å². The molecule has 28 heavy (non-hydrogen) atoms. The SMILES string of the molecule is CCNC(=NCc1ccc(C)cc1OC1CCCC1)NCc1ncnn1C.I. The maximum absolute atomic E-state index is 6.28. The highest BCUT2D eigenvalue weighted by atomic mass is 127. The quantitative estimate of drug-likeness (QED) is 0.348. The van der Waals surface area contributed by atoms with Crippen molar-refractivity contribution in [2.75, 3.05) is 6.54 Å². The summed E-state index contributed by atoms with van der Waals surface area (Å²) in [7, 11) is 1.88. The molecular weight excluding hydrogens is 467 g/mol. The van der Waals surface area contributed by atoms with Gasteiger partial charge in [-0.15, -0.1) is 24.0 Å². The van der Waals surface area contributed by atoms with Crippen LogP contribution in [0.25, 0.3) is 0 Å². The Labute approximate surface area is 184 Å². The zero-order valence-electron chi connectivity index (χ0n) is 16.9. The Balaban J connectivity index is 0.00000280. The number of aromatic nitrogens is 3. The number of aliphatic imine (C=N–C) groups is 1. The predicted molar refractivity (Wildman–Crippen MR) is 122 cm³/mol. The molecule has 1 heterocycles. The highest BCUT2D eigenvalue weighted by molar-refractivity contribution is 14.0. The van der Waals surface area contributed by atoms with Gasteiger partial charge < -0.3 is 15.4 Å². The Morgan fingerprint density at radius 1 is 1.29 bits per heavy atom. The van der Waals surface area contributed by atoms with Gasteiger partial charge in [-0.1, -0.05) is 12.1 Å². The maximum atomic E-state index is 6.28. The number of hydrogen-bond acceptors (Lipinski definition) is 4. The third-order valence-electron chi connectivity index (χ3n) is 4.79. The van der Waals surface area contributed by atoms with Gasteiger partial charge in [0.05, 0.1) is 19.2 Å². The van der Waals surface area contributed by atoms with Crippen LogP contribution in [-0.4, -0.2) is 33.4 Å². The molecule has 1 aliphatic rings. The standard InChI is InChI=1S/C20H30N6O.HI/c1-4-21-20(23-13-19-24-14-25-26(19)3)22-12-16-10-9-15(2)11-18(16)27-17-7-5-6-8-17;/h9-11,14,17H,4-8,12-13H2,1-3H3,(H2,21,22,23);1H. The molecular formula is C20H31IN6O. The summed E-state index contributed by atoms with van der Waals surface area (Å²) in [4.78, 5) is 8.97. The van der Waals surface area contributed by atoms with Crippen LogP contribution >= 0.6 is 24.0 Å². The van der Waals surface area contributed by atoms with Gasteiger partial charge in [0.2, 0.25) is 0 Å². The van der Waals surface area contributed by atoms with Gasteiger partial charge in [0.25, 0.3) is 0 Å². The Morgan fingerprint density at radius 2 is 2.07 bits per heavy atom. The van der Waals surface area contributed by atoms with E-state index in [4.69, 9.17) is 9.73 Å². The van der Waals surface area contributed by atoms with Gasteiger partial charge in [-0.05, 0) is 51.2 Å². The number of hydrogen-bond donors (Lipinski definition) is 2. The second-order valence-corrected chi connectivity index (χ2v) is 6.98. The van der Waals surface area contributed by atoms with E-state index in [2.05, 4.69) is 52.8 Å². The van der Waals surface area contributed by atoms with Gasteiger partial charge in [-0.2, -0.15) is 5.10 Å². The molecule has 8 heteroatoms. The van der Waals surface area contributed by atoms with Crippen LogP contribution in [0.2, 0.25) is 0 Å². The Bertz CT molecular complexity index is 770. The molecule has 0 amide bonds. The van der Waals surface area contributed by atoms with Crippen molar-refractivity contribution in [1.29, 1.82) is 0 Å². The molecule has 1 aliphatic carbocycles. The number of rotatable bonds is 7. The van der Waals surface area contributed by atoms with E-state index in [1.165, 1.54) is 18.4 Å². The van der Waals surface area contributed by atoms with Gasteiger partial charge >= 0.3 is 0 Å². The number of guanidine groups is 1. The van der Waals surface area contributed by atoms with Crippen LogP contribution in [0, 0.1) is 6.92 Å². The smallest absolute Gasteiger partial charge is 0.191 e. The molecule has 1 saturated carbocycles. The van der Waals surface area contributed by atoms with Crippen molar-refractivity contribution in [3.05, 3.63) is 41.5 Å². The van der Waals surface area contributed by atoms with Crippen LogP contribution in [0.3, 0.4) is 0 Å². The van der Waals surface area contributed by atoms with Gasteiger partial charge in [-0.3, -0.25) is 4.68 Å². The predicted octanol–water partition coefficient (Wildman–Crippen LogP) is 3.32. The van der Waals surface area contributed by atoms with Crippen molar-refractivity contribution >= 4 is 29.9 Å². The van der Waals surface area contributed by atoms with E-state index in [1.54, 1.807) is 11.0 Å². The highest BCUT2D eigenvalue weighted by Gasteiger charge is 2.18. The van der Waals surface area contributed by atoms with Crippen LogP contribution in [0.1, 0.15) is 49.6 Å². The number of nitrogens with one attached hydrogen (secondary N) is 2. The van der Waals surface area contributed by atoms with Crippen LogP contribution in [-0.2, 0) is 20.1 Å². The molecule has 0 radical (unpaired) electrons. The minimum Gasteiger partial charge on any atom is -0.490 e. The lowest BCUT2D eigenvalue weighted by molar-refractivity contribution is 0.208. The Morgan fingerprint density at radius 3 is 2.75 bits per heavy atom. The monoisotopic (exact) mass is 498 g/mol. The van der Waals surface area contributed by atoms with Gasteiger partial charge in [0, 0.05) is 19.2 Å². The lowest BCUT2D eigenvalue weighted by Gasteiger charge is -2.17. The molecule has 0 unspecified atom stereocenters. The van der Waals surface area contributed by atoms with Crippen LogP contribution in [0.5, 0.6) is 5.75 Å². The van der Waals surface area contributed by atoms with Gasteiger partial charge in [-0.25, -0.2) is 9.98 Å². The molecule has 0 atom stereocenters. The van der Waals surface area contributed by atoms with Gasteiger partial charge in [0.1, 0.15) is 17.9 Å². The van der Waals surface area contributed by atoms with Crippen LogP contribution < -0.4 is 15.4 Å². The molecule has 2 N–H and O–H groups in total. The first kappa shape index (κ1) is 22.4. The van der Waals surface area contributed by atoms with E-state index in [0.717, 1.165) is 42.5 Å². The zero-order chi connectivity index (χ0) is 19.1. The second kappa shape index (κ2) is 11.2. The summed E-state index contributed by atoms with van der Waals surface area (Å²) >= 11 is 0. The second-order valence-electron chi connectivity index (χ2n) is 6.98. The van der Waals surface area contributed by atoms with Crippen molar-refractivity contribution in [3.63, 3.8) is 0 Å². The fourth-order valence-corrected chi connectivity index (χ4v) is 3.24. The summed E-state index contributed by atoms with van der Waals surface area (Å²) in [6.07, 6.45) is 6.73. The fraction of sp³-hybridized carbons (Fsp3) is 0.550. The summed E-state index contributed by atoms with van der Waals surface area (Å²) in [5.74, 6) is 2.59. The van der Waals surface area contributed by atoms with Gasteiger partial charge in [0.15, 0.2) is 5.96 Å². The van der Waals surface area contributed by atoms with Crippen molar-refractivity contribution in [1.82, 2.24) is 25.4 Å². The lowest BCUT2D eigenvalue weighted by atomic mass is 10.1. The largest absolute Gasteiger partial charge is 0.490 e. The molecule has 1 fully saturated rings. The Kier molecular flexibility index (Phi) is 9.01. The molecule has 154 valence electrons. The normalized spacial score (nSPS) is 14.6. The number of ether oxygens (including phenoxy) is 1. The average molecular weight is 498 g/mol. The summed E-state index contributed by atoms with van der Waals surface area (Å²) in [6, 6.07) is 6.37. The van der Waals surface area contributed by atoms with E-state index in [-0.39, 0.29) is 24.0 Å². The fourth-order valence-electron chi connectivity index (χ4n) is 3.24. The van der Waals surface area contributed by atoms with Crippen molar-refractivity contribution < 1.29 is 4.74 Å².